The third-order valence-electron chi connectivity index (χ3n) is 3.22. The standard InChI is InChI=1S/C15H20O/c1-14(2,3)12-7-5-8-13(11-12)15(4)9-6-10-16-15/h5-9,11H,10H2,1-4H3/t15-/m1/s1. The number of benzene rings is 1. The largest absolute Gasteiger partial charge is 0.362 e. The topological polar surface area (TPSA) is 9.23 Å². The molecule has 0 radical (unpaired) electrons. The van der Waals surface area contributed by atoms with Gasteiger partial charge >= 0.3 is 0 Å². The first-order valence-corrected chi connectivity index (χ1v) is 5.84. The molecule has 0 unspecified atom stereocenters. The molecular formula is C15H20O. The lowest BCUT2D eigenvalue weighted by Gasteiger charge is -2.26. The normalized spacial score (nSPS) is 25.0. The summed E-state index contributed by atoms with van der Waals surface area (Å²) in [7, 11) is 0. The smallest absolute Gasteiger partial charge is 0.109 e. The molecule has 0 aromatic heterocycles. The van der Waals surface area contributed by atoms with Gasteiger partial charge in [0.25, 0.3) is 0 Å². The summed E-state index contributed by atoms with van der Waals surface area (Å²) in [6.45, 7) is 9.55. The maximum absolute atomic E-state index is 5.78. The van der Waals surface area contributed by atoms with Gasteiger partial charge in [-0.2, -0.15) is 0 Å². The van der Waals surface area contributed by atoms with E-state index in [1.54, 1.807) is 0 Å². The fourth-order valence-corrected chi connectivity index (χ4v) is 2.02. The Bertz CT molecular complexity index is 412. The van der Waals surface area contributed by atoms with Gasteiger partial charge in [0.1, 0.15) is 5.60 Å². The van der Waals surface area contributed by atoms with Crippen LogP contribution in [0.15, 0.2) is 36.4 Å². The second kappa shape index (κ2) is 3.74. The van der Waals surface area contributed by atoms with Gasteiger partial charge in [-0.05, 0) is 23.5 Å². The Kier molecular flexibility index (Phi) is 2.67. The minimum absolute atomic E-state index is 0.189. The molecule has 0 fully saturated rings. The molecule has 0 spiro atoms. The van der Waals surface area contributed by atoms with Crippen LogP contribution < -0.4 is 0 Å². The van der Waals surface area contributed by atoms with Gasteiger partial charge in [0.15, 0.2) is 0 Å². The van der Waals surface area contributed by atoms with Crippen molar-refractivity contribution in [1.82, 2.24) is 0 Å². The second-order valence-corrected chi connectivity index (χ2v) is 5.65. The van der Waals surface area contributed by atoms with Crippen LogP contribution in [0.4, 0.5) is 0 Å². The van der Waals surface area contributed by atoms with E-state index < -0.39 is 0 Å². The van der Waals surface area contributed by atoms with Crippen LogP contribution in [0.25, 0.3) is 0 Å². The molecule has 86 valence electrons. The van der Waals surface area contributed by atoms with Gasteiger partial charge in [-0.1, -0.05) is 57.2 Å². The SMILES string of the molecule is CC(C)(C)c1cccc([C@@]2(C)C=CCO2)c1. The number of hydrogen-bond donors (Lipinski definition) is 0. The Labute approximate surface area is 98.1 Å². The minimum Gasteiger partial charge on any atom is -0.362 e. The van der Waals surface area contributed by atoms with E-state index in [1.807, 2.05) is 0 Å². The van der Waals surface area contributed by atoms with Crippen molar-refractivity contribution in [3.8, 4) is 0 Å². The molecule has 0 saturated heterocycles. The lowest BCUT2D eigenvalue weighted by Crippen LogP contribution is -2.21. The summed E-state index contributed by atoms with van der Waals surface area (Å²) in [5, 5.41) is 0. The first-order chi connectivity index (χ1) is 7.42. The molecule has 2 rings (SSSR count). The molecule has 16 heavy (non-hydrogen) atoms. The predicted octanol–water partition coefficient (Wildman–Crippen LogP) is 3.79. The predicted molar refractivity (Wildman–Crippen MR) is 67.6 cm³/mol. The summed E-state index contributed by atoms with van der Waals surface area (Å²) in [5.74, 6) is 0. The molecule has 0 bridgehead atoms. The Morgan fingerprint density at radius 3 is 2.56 bits per heavy atom. The van der Waals surface area contributed by atoms with Crippen molar-refractivity contribution in [2.75, 3.05) is 6.61 Å². The highest BCUT2D eigenvalue weighted by atomic mass is 16.5. The highest BCUT2D eigenvalue weighted by molar-refractivity contribution is 5.35. The van der Waals surface area contributed by atoms with Crippen LogP contribution >= 0.6 is 0 Å². The Balaban J connectivity index is 2.40. The average Bonchev–Trinajstić information content (AvgIpc) is 2.66. The van der Waals surface area contributed by atoms with Crippen LogP contribution in [-0.4, -0.2) is 6.61 Å². The number of ether oxygens (including phenoxy) is 1. The molecule has 0 N–H and O–H groups in total. The molecule has 1 heterocycles. The summed E-state index contributed by atoms with van der Waals surface area (Å²) in [5.41, 5.74) is 2.56. The fourth-order valence-electron chi connectivity index (χ4n) is 2.02. The van der Waals surface area contributed by atoms with Gasteiger partial charge in [-0.3, -0.25) is 0 Å². The Morgan fingerprint density at radius 2 is 2.00 bits per heavy atom. The summed E-state index contributed by atoms with van der Waals surface area (Å²) in [4.78, 5) is 0. The van der Waals surface area contributed by atoms with Crippen molar-refractivity contribution in [2.24, 2.45) is 0 Å². The molecule has 1 aliphatic heterocycles. The first-order valence-electron chi connectivity index (χ1n) is 5.84. The molecule has 0 amide bonds. The van der Waals surface area contributed by atoms with Crippen LogP contribution in [-0.2, 0) is 15.8 Å². The maximum atomic E-state index is 5.78. The molecular weight excluding hydrogens is 196 g/mol. The van der Waals surface area contributed by atoms with Gasteiger partial charge in [0, 0.05) is 0 Å². The molecule has 0 saturated carbocycles. The van der Waals surface area contributed by atoms with Gasteiger partial charge in [-0.15, -0.1) is 0 Å². The molecule has 0 aliphatic carbocycles. The van der Waals surface area contributed by atoms with E-state index in [4.69, 9.17) is 4.74 Å². The monoisotopic (exact) mass is 216 g/mol. The summed E-state index contributed by atoms with van der Waals surface area (Å²) in [6, 6.07) is 8.71. The molecule has 1 aliphatic rings. The zero-order chi connectivity index (χ0) is 11.8. The highest BCUT2D eigenvalue weighted by Crippen LogP contribution is 2.33. The minimum atomic E-state index is -0.235. The zero-order valence-corrected chi connectivity index (χ0v) is 10.6. The van der Waals surface area contributed by atoms with Crippen molar-refractivity contribution < 1.29 is 4.74 Å². The fraction of sp³-hybridized carbons (Fsp3) is 0.467. The quantitative estimate of drug-likeness (QED) is 0.649. The van der Waals surface area contributed by atoms with E-state index in [-0.39, 0.29) is 11.0 Å². The van der Waals surface area contributed by atoms with E-state index in [2.05, 4.69) is 64.1 Å². The summed E-state index contributed by atoms with van der Waals surface area (Å²) in [6.07, 6.45) is 4.23. The Hall–Kier alpha value is -1.08. The number of hydrogen-bond acceptors (Lipinski definition) is 1. The van der Waals surface area contributed by atoms with Gasteiger partial charge in [-0.25, -0.2) is 0 Å². The van der Waals surface area contributed by atoms with Gasteiger partial charge in [0.2, 0.25) is 0 Å². The molecule has 1 atom stereocenters. The van der Waals surface area contributed by atoms with E-state index in [0.29, 0.717) is 0 Å². The Morgan fingerprint density at radius 1 is 1.25 bits per heavy atom. The van der Waals surface area contributed by atoms with Gasteiger partial charge < -0.3 is 4.74 Å². The summed E-state index contributed by atoms with van der Waals surface area (Å²) >= 11 is 0. The van der Waals surface area contributed by atoms with E-state index in [1.165, 1.54) is 11.1 Å². The van der Waals surface area contributed by atoms with Gasteiger partial charge in [0.05, 0.1) is 6.61 Å². The van der Waals surface area contributed by atoms with Crippen molar-refractivity contribution in [1.29, 1.82) is 0 Å². The molecule has 1 aromatic rings. The molecule has 1 aromatic carbocycles. The van der Waals surface area contributed by atoms with Crippen LogP contribution in [0.1, 0.15) is 38.8 Å². The van der Waals surface area contributed by atoms with Crippen LogP contribution in [0.5, 0.6) is 0 Å². The number of rotatable bonds is 1. The lowest BCUT2D eigenvalue weighted by molar-refractivity contribution is 0.0389. The van der Waals surface area contributed by atoms with E-state index >= 15 is 0 Å². The lowest BCUT2D eigenvalue weighted by atomic mass is 9.84. The second-order valence-electron chi connectivity index (χ2n) is 5.65. The van der Waals surface area contributed by atoms with Crippen molar-refractivity contribution in [2.45, 2.75) is 38.7 Å². The average molecular weight is 216 g/mol. The first kappa shape index (κ1) is 11.4. The van der Waals surface area contributed by atoms with Crippen LogP contribution in [0.3, 0.4) is 0 Å². The van der Waals surface area contributed by atoms with E-state index in [9.17, 15) is 0 Å². The molecule has 1 heteroatoms. The summed E-state index contributed by atoms with van der Waals surface area (Å²) < 4.78 is 5.78. The zero-order valence-electron chi connectivity index (χ0n) is 10.6. The van der Waals surface area contributed by atoms with Crippen LogP contribution in [0, 0.1) is 0 Å². The third-order valence-corrected chi connectivity index (χ3v) is 3.22. The van der Waals surface area contributed by atoms with Crippen molar-refractivity contribution in [3.63, 3.8) is 0 Å². The van der Waals surface area contributed by atoms with E-state index in [0.717, 1.165) is 6.61 Å². The third kappa shape index (κ3) is 2.05. The van der Waals surface area contributed by atoms with Crippen molar-refractivity contribution in [3.05, 3.63) is 47.5 Å². The molecule has 1 nitrogen and oxygen atoms in total. The maximum Gasteiger partial charge on any atom is 0.109 e. The van der Waals surface area contributed by atoms with Crippen LogP contribution in [0.2, 0.25) is 0 Å². The van der Waals surface area contributed by atoms with Crippen molar-refractivity contribution >= 4 is 0 Å². The highest BCUT2D eigenvalue weighted by Gasteiger charge is 2.28.